The van der Waals surface area contributed by atoms with Crippen molar-refractivity contribution in [1.82, 2.24) is 19.7 Å². The zero-order valence-electron chi connectivity index (χ0n) is 16.2. The topological polar surface area (TPSA) is 189 Å². The number of aryl methyl sites for hydroxylation is 1. The molecule has 4 rings (SSSR count). The van der Waals surface area contributed by atoms with Crippen molar-refractivity contribution in [1.29, 1.82) is 0 Å². The van der Waals surface area contributed by atoms with Crippen molar-refractivity contribution >= 4 is 38.9 Å². The van der Waals surface area contributed by atoms with E-state index in [0.717, 1.165) is 10.5 Å². The Kier molecular flexibility index (Phi) is 5.87. The van der Waals surface area contributed by atoms with Crippen molar-refractivity contribution in [2.45, 2.75) is 41.4 Å². The highest BCUT2D eigenvalue weighted by molar-refractivity contribution is 7.99. The Hall–Kier alpha value is -2.33. The summed E-state index contributed by atoms with van der Waals surface area (Å²) in [4.78, 5) is 9.14. The number of hydrogen-bond donors (Lipinski definition) is 4. The molecule has 1 fully saturated rings. The lowest BCUT2D eigenvalue weighted by molar-refractivity contribution is -0.0531. The molecular weight excluding hydrogens is 448 g/mol. The van der Waals surface area contributed by atoms with Gasteiger partial charge in [-0.2, -0.15) is 13.5 Å². The monoisotopic (exact) mass is 468 g/mol. The second kappa shape index (κ2) is 8.31. The Labute approximate surface area is 181 Å². The highest BCUT2D eigenvalue weighted by Crippen LogP contribution is 2.38. The molecule has 6 N–H and O–H groups in total. The van der Waals surface area contributed by atoms with Crippen LogP contribution in [0.3, 0.4) is 0 Å². The van der Waals surface area contributed by atoms with Gasteiger partial charge in [0.1, 0.15) is 35.5 Å². The molecule has 3 heterocycles. The molecule has 2 aromatic heterocycles. The summed E-state index contributed by atoms with van der Waals surface area (Å²) in [5.74, 6) is 0.188. The summed E-state index contributed by atoms with van der Waals surface area (Å²) in [6.45, 7) is 1.39. The van der Waals surface area contributed by atoms with Gasteiger partial charge in [-0.05, 0) is 19.1 Å². The summed E-state index contributed by atoms with van der Waals surface area (Å²) in [6.07, 6.45) is -3.98. The molecule has 1 aliphatic heterocycles. The minimum absolute atomic E-state index is 0.188. The maximum atomic E-state index is 11.0. The minimum Gasteiger partial charge on any atom is -0.387 e. The Bertz CT molecular complexity index is 1220. The van der Waals surface area contributed by atoms with Crippen LogP contribution in [-0.4, -0.2) is 63.3 Å². The van der Waals surface area contributed by atoms with Gasteiger partial charge in [0.25, 0.3) is 0 Å². The number of hydrogen-bond acceptors (Lipinski definition) is 11. The number of anilines is 1. The van der Waals surface area contributed by atoms with Crippen molar-refractivity contribution in [2.24, 2.45) is 5.14 Å². The van der Waals surface area contributed by atoms with Gasteiger partial charge >= 0.3 is 10.3 Å². The zero-order chi connectivity index (χ0) is 22.3. The Morgan fingerprint density at radius 3 is 2.77 bits per heavy atom. The Balaban J connectivity index is 1.70. The first-order valence-corrected chi connectivity index (χ1v) is 11.3. The van der Waals surface area contributed by atoms with Crippen LogP contribution in [0.15, 0.2) is 40.5 Å². The smallest absolute Gasteiger partial charge is 0.333 e. The minimum atomic E-state index is -4.24. The van der Waals surface area contributed by atoms with Crippen LogP contribution in [0.2, 0.25) is 0 Å². The van der Waals surface area contributed by atoms with E-state index in [2.05, 4.69) is 19.2 Å². The molecule has 0 spiro atoms. The lowest BCUT2D eigenvalue weighted by Gasteiger charge is -2.15. The first-order chi connectivity index (χ1) is 14.6. The number of benzene rings is 1. The summed E-state index contributed by atoms with van der Waals surface area (Å²) >= 11 is 1.33. The average Bonchev–Trinajstić information content (AvgIpc) is 3.19. The van der Waals surface area contributed by atoms with E-state index < -0.39 is 41.5 Å². The van der Waals surface area contributed by atoms with Crippen LogP contribution in [0.5, 0.6) is 0 Å². The average molecular weight is 469 g/mol. The maximum Gasteiger partial charge on any atom is 0.333 e. The Morgan fingerprint density at radius 1 is 1.29 bits per heavy atom. The summed E-state index contributed by atoms with van der Waals surface area (Å²) in [5, 5.41) is 31.1. The molecule has 1 aliphatic rings. The largest absolute Gasteiger partial charge is 0.387 e. The van der Waals surface area contributed by atoms with Gasteiger partial charge < -0.3 is 20.7 Å². The Morgan fingerprint density at radius 2 is 2.06 bits per heavy atom. The van der Waals surface area contributed by atoms with Crippen molar-refractivity contribution < 1.29 is 27.6 Å². The number of aromatic nitrogens is 4. The van der Waals surface area contributed by atoms with Crippen LogP contribution in [0, 0.1) is 6.92 Å². The third kappa shape index (κ3) is 4.50. The molecule has 14 heteroatoms. The van der Waals surface area contributed by atoms with Crippen molar-refractivity contribution in [3.63, 3.8) is 0 Å². The molecule has 0 unspecified atom stereocenters. The van der Waals surface area contributed by atoms with Gasteiger partial charge in [-0.1, -0.05) is 29.5 Å². The molecule has 0 radical (unpaired) electrons. The van der Waals surface area contributed by atoms with Gasteiger partial charge in [0.05, 0.1) is 12.0 Å². The number of nitrogens with two attached hydrogens (primary N) is 2. The number of fused-ring (bicyclic) bond motifs is 1. The fourth-order valence-corrected chi connectivity index (χ4v) is 4.60. The molecule has 1 aromatic carbocycles. The number of aliphatic hydroxyl groups excluding tert-OH is 2. The fraction of sp³-hybridized carbons (Fsp3) is 0.353. The number of rotatable bonds is 6. The highest BCUT2D eigenvalue weighted by Gasteiger charge is 2.45. The number of ether oxygens (including phenoxy) is 1. The van der Waals surface area contributed by atoms with Crippen LogP contribution >= 0.6 is 11.8 Å². The first kappa shape index (κ1) is 21.9. The second-order valence-electron chi connectivity index (χ2n) is 6.95. The quantitative estimate of drug-likeness (QED) is 0.372. The van der Waals surface area contributed by atoms with Gasteiger partial charge in [-0.25, -0.2) is 19.8 Å². The van der Waals surface area contributed by atoms with Gasteiger partial charge in [-0.3, -0.25) is 4.18 Å². The van der Waals surface area contributed by atoms with Crippen LogP contribution in [-0.2, 0) is 19.2 Å². The summed E-state index contributed by atoms with van der Waals surface area (Å²) in [6, 6.07) is 7.76. The predicted molar refractivity (Wildman–Crippen MR) is 110 cm³/mol. The van der Waals surface area contributed by atoms with Crippen molar-refractivity contribution in [3.05, 3.63) is 36.2 Å². The zero-order valence-corrected chi connectivity index (χ0v) is 17.8. The molecule has 31 heavy (non-hydrogen) atoms. The van der Waals surface area contributed by atoms with E-state index in [9.17, 15) is 18.6 Å². The maximum absolute atomic E-state index is 11.0. The fourth-order valence-electron chi connectivity index (χ4n) is 3.23. The first-order valence-electron chi connectivity index (χ1n) is 9.06. The van der Waals surface area contributed by atoms with E-state index >= 15 is 0 Å². The third-order valence-electron chi connectivity index (χ3n) is 4.66. The predicted octanol–water partition coefficient (Wildman–Crippen LogP) is -0.293. The highest BCUT2D eigenvalue weighted by atomic mass is 32.2. The molecule has 3 aromatic rings. The van der Waals surface area contributed by atoms with Gasteiger partial charge in [0.2, 0.25) is 0 Å². The number of nitrogens with zero attached hydrogens (tertiary/aromatic N) is 4. The lowest BCUT2D eigenvalue weighted by Crippen LogP contribution is -2.35. The van der Waals surface area contributed by atoms with Crippen molar-refractivity contribution in [3.8, 4) is 0 Å². The standard InChI is InChI=1S/C17H20N6O6S2/c1-8-3-2-4-9(5-8)30-16-11-14(18)20-7-21-15(11)23(22-16)17-13(25)12(24)10(29-17)6-28-31(19,26)27/h2-5,7,10,12-13,17,24-25H,6H2,1H3,(H2,18,20,21)(H2,19,26,27)/t10-,12-,13-,17-/m1/s1. The van der Waals surface area contributed by atoms with Crippen LogP contribution in [0.1, 0.15) is 11.8 Å². The summed E-state index contributed by atoms with van der Waals surface area (Å²) in [5.41, 5.74) is 7.41. The molecule has 1 saturated heterocycles. The van der Waals surface area contributed by atoms with E-state index in [1.54, 1.807) is 0 Å². The van der Waals surface area contributed by atoms with Gasteiger partial charge in [0, 0.05) is 4.90 Å². The molecule has 166 valence electrons. The summed E-state index contributed by atoms with van der Waals surface area (Å²) in [7, 11) is -4.24. The van der Waals surface area contributed by atoms with E-state index in [1.165, 1.54) is 22.8 Å². The lowest BCUT2D eigenvalue weighted by atomic mass is 10.1. The molecule has 0 aliphatic carbocycles. The molecule has 12 nitrogen and oxygen atoms in total. The van der Waals surface area contributed by atoms with Gasteiger partial charge in [0.15, 0.2) is 11.9 Å². The van der Waals surface area contributed by atoms with E-state index in [4.69, 9.17) is 15.6 Å². The molecular formula is C17H20N6O6S2. The van der Waals surface area contributed by atoms with E-state index in [1.807, 2.05) is 31.2 Å². The van der Waals surface area contributed by atoms with Gasteiger partial charge in [-0.15, -0.1) is 0 Å². The van der Waals surface area contributed by atoms with Crippen LogP contribution < -0.4 is 10.9 Å². The molecule has 4 atom stereocenters. The van der Waals surface area contributed by atoms with Crippen LogP contribution in [0.4, 0.5) is 5.82 Å². The molecule has 0 saturated carbocycles. The number of nitrogen functional groups attached to an aromatic ring is 1. The normalized spacial score (nSPS) is 24.1. The number of aliphatic hydroxyl groups is 2. The second-order valence-corrected chi connectivity index (χ2v) is 9.23. The summed E-state index contributed by atoms with van der Waals surface area (Å²) < 4.78 is 33.5. The van der Waals surface area contributed by atoms with Crippen LogP contribution in [0.25, 0.3) is 11.0 Å². The van der Waals surface area contributed by atoms with E-state index in [0.29, 0.717) is 10.4 Å². The SMILES string of the molecule is Cc1cccc(Sc2nn([C@@H]3O[C@H](COS(N)(=O)=O)[C@@H](O)[C@H]3O)c3ncnc(N)c23)c1. The molecule has 0 amide bonds. The van der Waals surface area contributed by atoms with E-state index in [-0.39, 0.29) is 11.5 Å². The van der Waals surface area contributed by atoms with Crippen molar-refractivity contribution in [2.75, 3.05) is 12.3 Å². The third-order valence-corrected chi connectivity index (χ3v) is 6.10. The molecule has 0 bridgehead atoms.